The Labute approximate surface area is 117 Å². The first kappa shape index (κ1) is 16.4. The molecule has 0 saturated carbocycles. The van der Waals surface area contributed by atoms with Gasteiger partial charge in [-0.2, -0.15) is 0 Å². The number of carboxylic acid groups (broad SMARTS) is 2. The fraction of sp³-hybridized carbons (Fsp3) is 0.769. The lowest BCUT2D eigenvalue weighted by molar-refractivity contribution is -0.142. The zero-order valence-corrected chi connectivity index (χ0v) is 11.4. The molecule has 1 saturated heterocycles. The summed E-state index contributed by atoms with van der Waals surface area (Å²) in [6, 6.07) is -1.00. The molecule has 0 radical (unpaired) electrons. The predicted molar refractivity (Wildman–Crippen MR) is 71.3 cm³/mol. The number of aliphatic carboxylic acids is 2. The Morgan fingerprint density at radius 3 is 2.60 bits per heavy atom. The number of amides is 1. The Morgan fingerprint density at radius 1 is 1.30 bits per heavy atom. The van der Waals surface area contributed by atoms with Gasteiger partial charge in [0, 0.05) is 12.8 Å². The molecule has 1 amide bonds. The molecule has 0 aliphatic carbocycles. The predicted octanol–water partition coefficient (Wildman–Crippen LogP) is 0.200. The van der Waals surface area contributed by atoms with E-state index in [0.29, 0.717) is 6.42 Å². The molecule has 4 N–H and O–H groups in total. The third-order valence-corrected chi connectivity index (χ3v) is 3.39. The average Bonchev–Trinajstić information content (AvgIpc) is 2.38. The third kappa shape index (κ3) is 6.51. The fourth-order valence-corrected chi connectivity index (χ4v) is 2.33. The maximum atomic E-state index is 11.8. The van der Waals surface area contributed by atoms with E-state index in [0.717, 1.165) is 25.9 Å². The molecule has 0 aromatic rings. The maximum Gasteiger partial charge on any atom is 0.326 e. The molecule has 20 heavy (non-hydrogen) atoms. The van der Waals surface area contributed by atoms with Gasteiger partial charge < -0.3 is 20.8 Å². The molecule has 0 spiro atoms. The zero-order chi connectivity index (χ0) is 15.0. The number of carbonyl (C=O) groups excluding carboxylic acids is 1. The quantitative estimate of drug-likeness (QED) is 0.506. The summed E-state index contributed by atoms with van der Waals surface area (Å²) in [6.45, 7) is 1.75. The van der Waals surface area contributed by atoms with Crippen molar-refractivity contribution in [2.45, 2.75) is 44.6 Å². The minimum Gasteiger partial charge on any atom is -0.481 e. The summed E-state index contributed by atoms with van der Waals surface area (Å²) >= 11 is 0. The van der Waals surface area contributed by atoms with Crippen molar-refractivity contribution in [3.05, 3.63) is 0 Å². The molecule has 1 rings (SSSR count). The maximum absolute atomic E-state index is 11.8. The molecule has 0 bridgehead atoms. The van der Waals surface area contributed by atoms with E-state index >= 15 is 0 Å². The van der Waals surface area contributed by atoms with Crippen LogP contribution in [-0.4, -0.2) is 47.2 Å². The van der Waals surface area contributed by atoms with Gasteiger partial charge in [-0.05, 0) is 44.7 Å². The van der Waals surface area contributed by atoms with Gasteiger partial charge in [-0.15, -0.1) is 0 Å². The Kier molecular flexibility index (Phi) is 7.00. The molecule has 1 fully saturated rings. The monoisotopic (exact) mass is 286 g/mol. The normalized spacial score (nSPS) is 20.1. The van der Waals surface area contributed by atoms with E-state index in [2.05, 4.69) is 10.6 Å². The smallest absolute Gasteiger partial charge is 0.326 e. The van der Waals surface area contributed by atoms with E-state index in [1.54, 1.807) is 0 Å². The average molecular weight is 286 g/mol. The molecule has 1 aliphatic heterocycles. The van der Waals surface area contributed by atoms with Crippen LogP contribution in [0.25, 0.3) is 0 Å². The van der Waals surface area contributed by atoms with E-state index in [-0.39, 0.29) is 31.1 Å². The van der Waals surface area contributed by atoms with Crippen LogP contribution in [-0.2, 0) is 14.4 Å². The molecular formula is C13H22N2O5. The van der Waals surface area contributed by atoms with Crippen LogP contribution in [0.15, 0.2) is 0 Å². The number of carboxylic acids is 2. The van der Waals surface area contributed by atoms with Crippen molar-refractivity contribution in [3.63, 3.8) is 0 Å². The molecule has 114 valence electrons. The van der Waals surface area contributed by atoms with Gasteiger partial charge in [-0.1, -0.05) is 0 Å². The summed E-state index contributed by atoms with van der Waals surface area (Å²) in [4.78, 5) is 33.2. The zero-order valence-electron chi connectivity index (χ0n) is 11.4. The van der Waals surface area contributed by atoms with Crippen molar-refractivity contribution in [1.82, 2.24) is 10.6 Å². The number of hydrogen-bond donors (Lipinski definition) is 4. The highest BCUT2D eigenvalue weighted by atomic mass is 16.4. The van der Waals surface area contributed by atoms with Gasteiger partial charge in [0.25, 0.3) is 0 Å². The first-order valence-electron chi connectivity index (χ1n) is 6.93. The van der Waals surface area contributed by atoms with Crippen LogP contribution in [0.2, 0.25) is 0 Å². The second kappa shape index (κ2) is 8.52. The minimum atomic E-state index is -1.12. The number of rotatable bonds is 8. The Morgan fingerprint density at radius 2 is 2.05 bits per heavy atom. The van der Waals surface area contributed by atoms with Crippen molar-refractivity contribution in [1.29, 1.82) is 0 Å². The highest BCUT2D eigenvalue weighted by Gasteiger charge is 2.22. The summed E-state index contributed by atoms with van der Waals surface area (Å²) in [5.74, 6) is -2.11. The van der Waals surface area contributed by atoms with Crippen molar-refractivity contribution in [3.8, 4) is 0 Å². The third-order valence-electron chi connectivity index (χ3n) is 3.39. The van der Waals surface area contributed by atoms with Crippen LogP contribution in [0.1, 0.15) is 38.5 Å². The lowest BCUT2D eigenvalue weighted by atomic mass is 9.95. The highest BCUT2D eigenvalue weighted by molar-refractivity contribution is 5.83. The molecule has 1 aliphatic rings. The largest absolute Gasteiger partial charge is 0.481 e. The molecule has 1 unspecified atom stereocenters. The Balaban J connectivity index is 2.33. The number of piperidine rings is 1. The van der Waals surface area contributed by atoms with Gasteiger partial charge in [-0.25, -0.2) is 4.79 Å². The fourth-order valence-electron chi connectivity index (χ4n) is 2.33. The molecule has 1 heterocycles. The van der Waals surface area contributed by atoms with Gasteiger partial charge in [0.2, 0.25) is 5.91 Å². The van der Waals surface area contributed by atoms with Crippen LogP contribution in [0, 0.1) is 5.92 Å². The number of carbonyl (C=O) groups is 3. The van der Waals surface area contributed by atoms with E-state index in [4.69, 9.17) is 10.2 Å². The van der Waals surface area contributed by atoms with E-state index < -0.39 is 18.0 Å². The first-order valence-corrected chi connectivity index (χ1v) is 6.93. The lowest BCUT2D eigenvalue weighted by Gasteiger charge is -2.23. The SMILES string of the molecule is O=C(O)CCC[C@@H](NC(=O)CC1CCCNC1)C(=O)O. The van der Waals surface area contributed by atoms with Gasteiger partial charge in [0.05, 0.1) is 0 Å². The lowest BCUT2D eigenvalue weighted by Crippen LogP contribution is -2.42. The summed E-state index contributed by atoms with van der Waals surface area (Å²) < 4.78 is 0. The van der Waals surface area contributed by atoms with Crippen LogP contribution in [0.4, 0.5) is 0 Å². The topological polar surface area (TPSA) is 116 Å². The second-order valence-electron chi connectivity index (χ2n) is 5.16. The van der Waals surface area contributed by atoms with Crippen molar-refractivity contribution in [2.24, 2.45) is 5.92 Å². The van der Waals surface area contributed by atoms with Crippen molar-refractivity contribution < 1.29 is 24.6 Å². The Bertz CT molecular complexity index is 353. The van der Waals surface area contributed by atoms with Gasteiger partial charge >= 0.3 is 11.9 Å². The molecule has 7 heteroatoms. The van der Waals surface area contributed by atoms with E-state index in [9.17, 15) is 14.4 Å². The highest BCUT2D eigenvalue weighted by Crippen LogP contribution is 2.14. The van der Waals surface area contributed by atoms with Gasteiger partial charge in [0.1, 0.15) is 6.04 Å². The molecule has 2 atom stereocenters. The van der Waals surface area contributed by atoms with Crippen LogP contribution in [0.3, 0.4) is 0 Å². The van der Waals surface area contributed by atoms with Gasteiger partial charge in [0.15, 0.2) is 0 Å². The number of hydrogen-bond acceptors (Lipinski definition) is 4. The first-order chi connectivity index (χ1) is 9.49. The molecule has 0 aromatic heterocycles. The molecular weight excluding hydrogens is 264 g/mol. The number of nitrogens with one attached hydrogen (secondary N) is 2. The molecule has 0 aromatic carbocycles. The summed E-state index contributed by atoms with van der Waals surface area (Å²) in [5.41, 5.74) is 0. The summed E-state index contributed by atoms with van der Waals surface area (Å²) in [5, 5.41) is 23.2. The standard InChI is InChI=1S/C13H22N2O5/c16-11(7-9-3-2-6-14-8-9)15-10(13(19)20)4-1-5-12(17)18/h9-10,14H,1-8H2,(H,15,16)(H,17,18)(H,19,20)/t9?,10-/m1/s1. The molecule has 7 nitrogen and oxygen atoms in total. The van der Waals surface area contributed by atoms with Crippen LogP contribution < -0.4 is 10.6 Å². The minimum absolute atomic E-state index is 0.0911. The summed E-state index contributed by atoms with van der Waals surface area (Å²) in [6.07, 6.45) is 2.59. The van der Waals surface area contributed by atoms with Crippen molar-refractivity contribution >= 4 is 17.8 Å². The van der Waals surface area contributed by atoms with Crippen LogP contribution >= 0.6 is 0 Å². The van der Waals surface area contributed by atoms with Gasteiger partial charge in [-0.3, -0.25) is 9.59 Å². The summed E-state index contributed by atoms with van der Waals surface area (Å²) in [7, 11) is 0. The Hall–Kier alpha value is -1.63. The second-order valence-corrected chi connectivity index (χ2v) is 5.16. The van der Waals surface area contributed by atoms with E-state index in [1.807, 2.05) is 0 Å². The van der Waals surface area contributed by atoms with Crippen LogP contribution in [0.5, 0.6) is 0 Å². The van der Waals surface area contributed by atoms with Crippen molar-refractivity contribution in [2.75, 3.05) is 13.1 Å². The van der Waals surface area contributed by atoms with E-state index in [1.165, 1.54) is 0 Å².